The molecular formula is C14H20ClNO3. The summed E-state index contributed by atoms with van der Waals surface area (Å²) < 4.78 is 5.55. The lowest BCUT2D eigenvalue weighted by Crippen LogP contribution is -2.27. The van der Waals surface area contributed by atoms with E-state index in [-0.39, 0.29) is 0 Å². The van der Waals surface area contributed by atoms with Crippen molar-refractivity contribution >= 4 is 17.6 Å². The van der Waals surface area contributed by atoms with Gasteiger partial charge in [-0.15, -0.1) is 0 Å². The molecule has 0 aliphatic carbocycles. The van der Waals surface area contributed by atoms with Crippen molar-refractivity contribution in [3.05, 3.63) is 28.8 Å². The van der Waals surface area contributed by atoms with E-state index >= 15 is 0 Å². The highest BCUT2D eigenvalue weighted by molar-refractivity contribution is 6.30. The quantitative estimate of drug-likeness (QED) is 0.808. The van der Waals surface area contributed by atoms with Crippen LogP contribution in [0.5, 0.6) is 5.75 Å². The number of halogens is 1. The van der Waals surface area contributed by atoms with Crippen molar-refractivity contribution in [1.29, 1.82) is 0 Å². The Labute approximate surface area is 118 Å². The van der Waals surface area contributed by atoms with Crippen LogP contribution in [0.2, 0.25) is 5.02 Å². The van der Waals surface area contributed by atoms with Gasteiger partial charge in [0, 0.05) is 23.2 Å². The first-order chi connectivity index (χ1) is 8.93. The zero-order chi connectivity index (χ0) is 14.4. The van der Waals surface area contributed by atoms with Crippen LogP contribution in [0.25, 0.3) is 0 Å². The summed E-state index contributed by atoms with van der Waals surface area (Å²) in [5, 5.41) is 12.9. The molecule has 0 bridgehead atoms. The molecule has 1 aromatic rings. The molecule has 1 aromatic carbocycles. The fourth-order valence-electron chi connectivity index (χ4n) is 1.58. The predicted molar refractivity (Wildman–Crippen MR) is 75.8 cm³/mol. The lowest BCUT2D eigenvalue weighted by molar-refractivity contribution is -0.145. The summed E-state index contributed by atoms with van der Waals surface area (Å²) in [5.74, 6) is -0.396. The average molecular weight is 286 g/mol. The molecule has 0 saturated heterocycles. The van der Waals surface area contributed by atoms with E-state index in [0.717, 1.165) is 5.56 Å². The van der Waals surface area contributed by atoms with E-state index in [1.165, 1.54) is 0 Å². The van der Waals surface area contributed by atoms with Crippen molar-refractivity contribution in [2.24, 2.45) is 0 Å². The average Bonchev–Trinajstić information content (AvgIpc) is 2.34. The second-order valence-corrected chi connectivity index (χ2v) is 5.08. The minimum atomic E-state index is -0.958. The van der Waals surface area contributed by atoms with Gasteiger partial charge in [-0.1, -0.05) is 32.4 Å². The summed E-state index contributed by atoms with van der Waals surface area (Å²) in [6, 6.07) is 5.53. The van der Waals surface area contributed by atoms with Crippen molar-refractivity contribution in [2.45, 2.75) is 45.9 Å². The van der Waals surface area contributed by atoms with E-state index in [1.807, 2.05) is 13.8 Å². The Hall–Kier alpha value is -1.26. The van der Waals surface area contributed by atoms with Crippen molar-refractivity contribution in [1.82, 2.24) is 5.32 Å². The molecule has 0 spiro atoms. The highest BCUT2D eigenvalue weighted by atomic mass is 35.5. The van der Waals surface area contributed by atoms with E-state index in [2.05, 4.69) is 5.32 Å². The summed E-state index contributed by atoms with van der Waals surface area (Å²) in [5.41, 5.74) is 0.862. The topological polar surface area (TPSA) is 58.6 Å². The molecule has 0 fully saturated rings. The van der Waals surface area contributed by atoms with Gasteiger partial charge in [0.25, 0.3) is 0 Å². The van der Waals surface area contributed by atoms with Crippen LogP contribution in [0.4, 0.5) is 0 Å². The van der Waals surface area contributed by atoms with Crippen LogP contribution in [0.15, 0.2) is 18.2 Å². The first-order valence-electron chi connectivity index (χ1n) is 6.35. The first-order valence-corrected chi connectivity index (χ1v) is 6.73. The third-order valence-corrected chi connectivity index (χ3v) is 2.87. The van der Waals surface area contributed by atoms with Crippen LogP contribution >= 0.6 is 11.6 Å². The maximum Gasteiger partial charge on any atom is 0.344 e. The van der Waals surface area contributed by atoms with Gasteiger partial charge in [0.1, 0.15) is 5.75 Å². The minimum Gasteiger partial charge on any atom is -0.479 e. The predicted octanol–water partition coefficient (Wildman–Crippen LogP) is 3.08. The smallest absolute Gasteiger partial charge is 0.344 e. The van der Waals surface area contributed by atoms with E-state index < -0.39 is 12.1 Å². The van der Waals surface area contributed by atoms with E-state index in [4.69, 9.17) is 21.4 Å². The van der Waals surface area contributed by atoms with Gasteiger partial charge in [0.2, 0.25) is 0 Å². The Morgan fingerprint density at radius 1 is 1.47 bits per heavy atom. The van der Waals surface area contributed by atoms with E-state index in [0.29, 0.717) is 29.8 Å². The monoisotopic (exact) mass is 285 g/mol. The third kappa shape index (κ3) is 5.09. The number of benzene rings is 1. The molecule has 0 heterocycles. The molecule has 2 N–H and O–H groups in total. The summed E-state index contributed by atoms with van der Waals surface area (Å²) in [6.07, 6.45) is -0.423. The largest absolute Gasteiger partial charge is 0.479 e. The van der Waals surface area contributed by atoms with Gasteiger partial charge < -0.3 is 15.2 Å². The Morgan fingerprint density at radius 2 is 2.16 bits per heavy atom. The molecule has 1 rings (SSSR count). The van der Waals surface area contributed by atoms with Crippen LogP contribution < -0.4 is 10.1 Å². The second-order valence-electron chi connectivity index (χ2n) is 4.64. The summed E-state index contributed by atoms with van der Waals surface area (Å²) in [4.78, 5) is 11.0. The molecule has 106 valence electrons. The van der Waals surface area contributed by atoms with Crippen LogP contribution in [-0.2, 0) is 11.3 Å². The van der Waals surface area contributed by atoms with E-state index in [9.17, 15) is 4.79 Å². The molecule has 1 unspecified atom stereocenters. The number of carbonyl (C=O) groups is 1. The van der Waals surface area contributed by atoms with Crippen molar-refractivity contribution in [2.75, 3.05) is 0 Å². The number of hydrogen-bond acceptors (Lipinski definition) is 3. The van der Waals surface area contributed by atoms with Crippen LogP contribution in [-0.4, -0.2) is 23.2 Å². The number of carboxylic acid groups (broad SMARTS) is 1. The second kappa shape index (κ2) is 7.36. The first kappa shape index (κ1) is 15.8. The fourth-order valence-corrected chi connectivity index (χ4v) is 1.77. The molecule has 1 atom stereocenters. The van der Waals surface area contributed by atoms with Crippen molar-refractivity contribution in [3.8, 4) is 5.75 Å². The van der Waals surface area contributed by atoms with E-state index in [1.54, 1.807) is 25.1 Å². The zero-order valence-corrected chi connectivity index (χ0v) is 12.2. The molecule has 0 saturated carbocycles. The number of hydrogen-bond donors (Lipinski definition) is 2. The molecule has 0 aromatic heterocycles. The summed E-state index contributed by atoms with van der Waals surface area (Å²) in [6.45, 7) is 6.44. The molecule has 0 amide bonds. The molecule has 0 aliphatic rings. The zero-order valence-electron chi connectivity index (χ0n) is 11.4. The van der Waals surface area contributed by atoms with Crippen LogP contribution in [0, 0.1) is 0 Å². The number of aliphatic carboxylic acids is 1. The van der Waals surface area contributed by atoms with Crippen LogP contribution in [0.3, 0.4) is 0 Å². The molecule has 19 heavy (non-hydrogen) atoms. The summed E-state index contributed by atoms with van der Waals surface area (Å²) in [7, 11) is 0. The van der Waals surface area contributed by atoms with Gasteiger partial charge >= 0.3 is 5.97 Å². The molecular weight excluding hydrogens is 266 g/mol. The van der Waals surface area contributed by atoms with Gasteiger partial charge in [-0.2, -0.15) is 0 Å². The highest BCUT2D eigenvalue weighted by Gasteiger charge is 2.18. The Kier molecular flexibility index (Phi) is 6.12. The van der Waals surface area contributed by atoms with Gasteiger partial charge in [-0.25, -0.2) is 4.79 Å². The minimum absolute atomic E-state index is 0.327. The number of carboxylic acids is 1. The maximum absolute atomic E-state index is 11.0. The fraction of sp³-hybridized carbons (Fsp3) is 0.500. The normalized spacial score (nSPS) is 12.5. The van der Waals surface area contributed by atoms with Gasteiger partial charge in [0.15, 0.2) is 6.10 Å². The third-order valence-electron chi connectivity index (χ3n) is 2.64. The Bertz CT molecular complexity index is 435. The van der Waals surface area contributed by atoms with Crippen LogP contribution in [0.1, 0.15) is 32.8 Å². The molecule has 0 aliphatic heterocycles. The Morgan fingerprint density at radius 3 is 2.68 bits per heavy atom. The Balaban J connectivity index is 2.89. The highest BCUT2D eigenvalue weighted by Crippen LogP contribution is 2.24. The maximum atomic E-state index is 11.0. The summed E-state index contributed by atoms with van der Waals surface area (Å²) >= 11 is 5.97. The van der Waals surface area contributed by atoms with Crippen molar-refractivity contribution in [3.63, 3.8) is 0 Å². The molecule has 4 nitrogen and oxygen atoms in total. The van der Waals surface area contributed by atoms with Crippen molar-refractivity contribution < 1.29 is 14.6 Å². The number of ether oxygens (including phenoxy) is 1. The molecule has 0 radical (unpaired) electrons. The standard InChI is InChI=1S/C14H20ClNO3/c1-4-12(14(17)18)19-13-6-5-11(15)7-10(13)8-16-9(2)3/h5-7,9,12,16H,4,8H2,1-3H3,(H,17,18). The number of rotatable bonds is 7. The van der Waals surface area contributed by atoms with Gasteiger partial charge in [0.05, 0.1) is 0 Å². The lowest BCUT2D eigenvalue weighted by atomic mass is 10.2. The molecule has 5 heteroatoms. The SMILES string of the molecule is CCC(Oc1ccc(Cl)cc1CNC(C)C)C(=O)O. The van der Waals surface area contributed by atoms with Gasteiger partial charge in [-0.05, 0) is 24.6 Å². The lowest BCUT2D eigenvalue weighted by Gasteiger charge is -2.17. The number of nitrogens with one attached hydrogen (secondary N) is 1. The van der Waals surface area contributed by atoms with Gasteiger partial charge in [-0.3, -0.25) is 0 Å².